The van der Waals surface area contributed by atoms with Crippen LogP contribution in [0.25, 0.3) is 0 Å². The third-order valence-corrected chi connectivity index (χ3v) is 4.31. The zero-order chi connectivity index (χ0) is 13.0. The van der Waals surface area contributed by atoms with Crippen molar-refractivity contribution in [1.82, 2.24) is 0 Å². The van der Waals surface area contributed by atoms with Crippen molar-refractivity contribution < 1.29 is 22.7 Å². The zero-order valence-electron chi connectivity index (χ0n) is 11.5. The first-order chi connectivity index (χ1) is 8.24. The highest BCUT2D eigenvalue weighted by Gasteiger charge is 2.44. The summed E-state index contributed by atoms with van der Waals surface area (Å²) in [4.78, 5) is 5.07. The lowest BCUT2D eigenvalue weighted by Crippen LogP contribution is -2.46. The molecule has 0 radical (unpaired) electrons. The Morgan fingerprint density at radius 3 is 1.82 bits per heavy atom. The molecule has 0 amide bonds. The maximum Gasteiger partial charge on any atom is 0.707 e. The number of unbranched alkanes of at least 4 members (excludes halogenated alkanes) is 5. The fraction of sp³-hybridized carbons (Fsp3) is 1.00. The second kappa shape index (κ2) is 11.1. The van der Waals surface area contributed by atoms with Gasteiger partial charge in [0.1, 0.15) is 0 Å². The molecule has 104 valence electrons. The molecule has 0 N–H and O–H groups in total. The van der Waals surface area contributed by atoms with Gasteiger partial charge in [-0.05, 0) is 6.42 Å². The van der Waals surface area contributed by atoms with Crippen molar-refractivity contribution in [2.45, 2.75) is 45.4 Å². The Morgan fingerprint density at radius 1 is 0.765 bits per heavy atom. The molecule has 0 bridgehead atoms. The average molecular weight is 266 g/mol. The van der Waals surface area contributed by atoms with E-state index in [1.54, 1.807) is 0 Å². The van der Waals surface area contributed by atoms with Crippen LogP contribution in [-0.2, 0) is 22.7 Å². The third-order valence-electron chi connectivity index (χ3n) is 2.49. The molecule has 0 saturated heterocycles. The third kappa shape index (κ3) is 7.85. The Morgan fingerprint density at radius 2 is 1.29 bits per heavy atom. The Hall–Kier alpha value is 0.0169. The summed E-state index contributed by atoms with van der Waals surface area (Å²) in [6, 6.07) is 0. The van der Waals surface area contributed by atoms with E-state index >= 15 is 0 Å². The minimum atomic E-state index is -3.02. The molecule has 0 unspecified atom stereocenters. The van der Waals surface area contributed by atoms with Gasteiger partial charge in [0.2, 0.25) is 0 Å². The molecule has 0 aliphatic rings. The van der Waals surface area contributed by atoms with E-state index in [9.17, 15) is 0 Å². The van der Waals surface area contributed by atoms with Crippen LogP contribution in [0.5, 0.6) is 0 Å². The Kier molecular flexibility index (Phi) is 11.1. The van der Waals surface area contributed by atoms with Crippen LogP contribution in [0.3, 0.4) is 0 Å². The normalized spacial score (nSPS) is 12.0. The van der Waals surface area contributed by atoms with Gasteiger partial charge in [-0.25, -0.2) is 4.89 Å². The topological polar surface area (TPSA) is 46.2 Å². The fourth-order valence-corrected chi connectivity index (χ4v) is 2.34. The molecule has 0 aliphatic carbocycles. The molecule has 5 nitrogen and oxygen atoms in total. The quantitative estimate of drug-likeness (QED) is 0.235. The molecule has 0 spiro atoms. The van der Waals surface area contributed by atoms with Crippen molar-refractivity contribution in [2.75, 3.05) is 27.9 Å². The SMILES string of the molecule is CCCCCCCCOO[Si](OC)(OC)OC. The highest BCUT2D eigenvalue weighted by Crippen LogP contribution is 2.09. The van der Waals surface area contributed by atoms with Gasteiger partial charge in [-0.3, -0.25) is 0 Å². The van der Waals surface area contributed by atoms with Crippen molar-refractivity contribution in [2.24, 2.45) is 0 Å². The number of rotatable bonds is 12. The van der Waals surface area contributed by atoms with Crippen LogP contribution >= 0.6 is 0 Å². The summed E-state index contributed by atoms with van der Waals surface area (Å²) in [6.07, 6.45) is 7.26. The Bertz CT molecular complexity index is 156. The van der Waals surface area contributed by atoms with E-state index in [2.05, 4.69) is 6.92 Å². The van der Waals surface area contributed by atoms with Crippen molar-refractivity contribution >= 4 is 9.05 Å². The summed E-state index contributed by atoms with van der Waals surface area (Å²) in [5.74, 6) is 0. The molecule has 0 saturated carbocycles. The number of hydrogen-bond acceptors (Lipinski definition) is 5. The summed E-state index contributed by atoms with van der Waals surface area (Å²) >= 11 is 0. The highest BCUT2D eigenvalue weighted by molar-refractivity contribution is 6.53. The first-order valence-corrected chi connectivity index (χ1v) is 7.84. The predicted molar refractivity (Wildman–Crippen MR) is 67.2 cm³/mol. The van der Waals surface area contributed by atoms with E-state index in [-0.39, 0.29) is 0 Å². The van der Waals surface area contributed by atoms with Gasteiger partial charge in [0.05, 0.1) is 6.61 Å². The molecule has 0 aromatic rings. The zero-order valence-corrected chi connectivity index (χ0v) is 12.5. The fourth-order valence-electron chi connectivity index (χ4n) is 1.41. The second-order valence-electron chi connectivity index (χ2n) is 3.79. The van der Waals surface area contributed by atoms with E-state index in [0.717, 1.165) is 12.8 Å². The minimum absolute atomic E-state index is 0.539. The van der Waals surface area contributed by atoms with Crippen molar-refractivity contribution in [3.8, 4) is 0 Å². The monoisotopic (exact) mass is 266 g/mol. The van der Waals surface area contributed by atoms with E-state index in [0.29, 0.717) is 6.61 Å². The van der Waals surface area contributed by atoms with Crippen LogP contribution in [0.15, 0.2) is 0 Å². The van der Waals surface area contributed by atoms with Gasteiger partial charge in [-0.1, -0.05) is 39.0 Å². The minimum Gasteiger partial charge on any atom is -0.353 e. The molecule has 6 heteroatoms. The van der Waals surface area contributed by atoms with Gasteiger partial charge < -0.3 is 13.3 Å². The second-order valence-corrected chi connectivity index (χ2v) is 6.18. The van der Waals surface area contributed by atoms with Crippen molar-refractivity contribution in [3.05, 3.63) is 0 Å². The molecule has 0 rings (SSSR count). The summed E-state index contributed by atoms with van der Waals surface area (Å²) in [6.45, 7) is 2.75. The summed E-state index contributed by atoms with van der Waals surface area (Å²) in [5.41, 5.74) is 0. The van der Waals surface area contributed by atoms with Gasteiger partial charge in [0.15, 0.2) is 0 Å². The van der Waals surface area contributed by atoms with Crippen LogP contribution in [0.1, 0.15) is 45.4 Å². The summed E-state index contributed by atoms with van der Waals surface area (Å²) < 4.78 is 20.2. The van der Waals surface area contributed by atoms with Crippen molar-refractivity contribution in [1.29, 1.82) is 0 Å². The molecule has 0 aliphatic heterocycles. The smallest absolute Gasteiger partial charge is 0.353 e. The van der Waals surface area contributed by atoms with Crippen molar-refractivity contribution in [3.63, 3.8) is 0 Å². The first-order valence-electron chi connectivity index (χ1n) is 6.20. The molecular weight excluding hydrogens is 240 g/mol. The van der Waals surface area contributed by atoms with Crippen LogP contribution in [-0.4, -0.2) is 37.0 Å². The Labute approximate surface area is 106 Å². The van der Waals surface area contributed by atoms with Gasteiger partial charge in [0.25, 0.3) is 0 Å². The first kappa shape index (κ1) is 17.0. The highest BCUT2D eigenvalue weighted by atomic mass is 28.4. The summed E-state index contributed by atoms with van der Waals surface area (Å²) in [5, 5.41) is 0. The average Bonchev–Trinajstić information content (AvgIpc) is 2.38. The largest absolute Gasteiger partial charge is 0.707 e. The maximum absolute atomic E-state index is 5.08. The molecule has 0 atom stereocenters. The standard InChI is InChI=1S/C11H26O5Si/c1-5-6-7-8-9-10-11-15-16-17(12-2,13-3)14-4/h5-11H2,1-4H3. The van der Waals surface area contributed by atoms with Crippen LogP contribution < -0.4 is 0 Å². The lowest BCUT2D eigenvalue weighted by atomic mass is 10.1. The molecule has 0 aromatic carbocycles. The Balaban J connectivity index is 3.43. The molecule has 17 heavy (non-hydrogen) atoms. The van der Waals surface area contributed by atoms with Gasteiger partial charge in [0, 0.05) is 21.3 Å². The lowest BCUT2D eigenvalue weighted by Gasteiger charge is -2.21. The number of hydrogen-bond donors (Lipinski definition) is 0. The molecular formula is C11H26O5Si. The maximum atomic E-state index is 5.08. The van der Waals surface area contributed by atoms with E-state index in [1.807, 2.05) is 0 Å². The van der Waals surface area contributed by atoms with Crippen LogP contribution in [0.2, 0.25) is 0 Å². The van der Waals surface area contributed by atoms with Crippen LogP contribution in [0.4, 0.5) is 0 Å². The van der Waals surface area contributed by atoms with Crippen LogP contribution in [0, 0.1) is 0 Å². The van der Waals surface area contributed by atoms with Gasteiger partial charge in [-0.2, -0.15) is 4.58 Å². The predicted octanol–water partition coefficient (Wildman–Crippen LogP) is 2.67. The lowest BCUT2D eigenvalue weighted by molar-refractivity contribution is -0.269. The summed E-state index contributed by atoms with van der Waals surface area (Å²) in [7, 11) is 1.42. The van der Waals surface area contributed by atoms with E-state index < -0.39 is 9.05 Å². The molecule has 0 heterocycles. The van der Waals surface area contributed by atoms with E-state index in [4.69, 9.17) is 22.7 Å². The van der Waals surface area contributed by atoms with E-state index in [1.165, 1.54) is 47.0 Å². The van der Waals surface area contributed by atoms with Gasteiger partial charge in [-0.15, -0.1) is 0 Å². The molecule has 0 aromatic heterocycles. The van der Waals surface area contributed by atoms with Gasteiger partial charge >= 0.3 is 9.05 Å². The molecule has 0 fully saturated rings.